The molecule has 0 saturated carbocycles. The number of hydrogen-bond donors (Lipinski definition) is 1. The summed E-state index contributed by atoms with van der Waals surface area (Å²) in [6.45, 7) is 1.75. The Kier molecular flexibility index (Phi) is 4.17. The average Bonchev–Trinajstić information content (AvgIpc) is 3.13. The zero-order valence-electron chi connectivity index (χ0n) is 12.7. The highest BCUT2D eigenvalue weighted by Gasteiger charge is 2.42. The fourth-order valence-electron chi connectivity index (χ4n) is 2.89. The summed E-state index contributed by atoms with van der Waals surface area (Å²) in [6, 6.07) is 1.44. The lowest BCUT2D eigenvalue weighted by molar-refractivity contribution is -0.125. The molecule has 6 nitrogen and oxygen atoms in total. The molecule has 7 heteroatoms. The van der Waals surface area contributed by atoms with Crippen LogP contribution in [0.5, 0.6) is 0 Å². The molecule has 3 amide bonds. The van der Waals surface area contributed by atoms with E-state index in [-0.39, 0.29) is 18.0 Å². The summed E-state index contributed by atoms with van der Waals surface area (Å²) in [6.07, 6.45) is 0.789. The lowest BCUT2D eigenvalue weighted by Crippen LogP contribution is -2.45. The number of rotatable bonds is 5. The maximum Gasteiger partial charge on any atom is 0.322 e. The lowest BCUT2D eigenvalue weighted by atomic mass is 9.98. The van der Waals surface area contributed by atoms with Crippen LogP contribution in [0.1, 0.15) is 18.0 Å². The fourth-order valence-corrected chi connectivity index (χ4v) is 3.58. The molecule has 0 spiro atoms. The first-order valence-corrected chi connectivity index (χ1v) is 8.15. The third-order valence-electron chi connectivity index (χ3n) is 4.09. The first kappa shape index (κ1) is 15.1. The Morgan fingerprint density at radius 2 is 2.27 bits per heavy atom. The number of nitrogens with zero attached hydrogens (tertiary/aromatic N) is 2. The lowest BCUT2D eigenvalue weighted by Gasteiger charge is -2.30. The molecule has 3 heterocycles. The van der Waals surface area contributed by atoms with Crippen LogP contribution in [-0.4, -0.2) is 55.6 Å². The first-order valence-electron chi connectivity index (χ1n) is 7.21. The Morgan fingerprint density at radius 3 is 2.95 bits per heavy atom. The van der Waals surface area contributed by atoms with Gasteiger partial charge in [0.15, 0.2) is 0 Å². The molecule has 118 valence electrons. The van der Waals surface area contributed by atoms with Crippen molar-refractivity contribution in [3.05, 3.63) is 33.7 Å². The minimum absolute atomic E-state index is 0.00848. The van der Waals surface area contributed by atoms with Gasteiger partial charge >= 0.3 is 6.03 Å². The normalized spacial score (nSPS) is 21.5. The average molecular weight is 321 g/mol. The van der Waals surface area contributed by atoms with E-state index in [0.29, 0.717) is 25.3 Å². The van der Waals surface area contributed by atoms with E-state index in [1.54, 1.807) is 35.3 Å². The smallest absolute Gasteiger partial charge is 0.322 e. The Labute approximate surface area is 133 Å². The molecule has 22 heavy (non-hydrogen) atoms. The highest BCUT2D eigenvalue weighted by atomic mass is 32.1. The zero-order valence-corrected chi connectivity index (χ0v) is 13.5. The topological polar surface area (TPSA) is 61.9 Å². The van der Waals surface area contributed by atoms with Crippen molar-refractivity contribution in [2.24, 2.45) is 0 Å². The minimum Gasteiger partial charge on any atom is -0.385 e. The van der Waals surface area contributed by atoms with E-state index >= 15 is 0 Å². The quantitative estimate of drug-likeness (QED) is 0.838. The number of hydrogen-bond acceptors (Lipinski definition) is 4. The highest BCUT2D eigenvalue weighted by Crippen LogP contribution is 2.36. The molecular formula is C15H19N3O3S. The number of likely N-dealkylation sites (N-methyl/N-ethyl adjacent to an activating group) is 1. The van der Waals surface area contributed by atoms with Crippen molar-refractivity contribution < 1.29 is 14.3 Å². The van der Waals surface area contributed by atoms with E-state index < -0.39 is 0 Å². The first-order chi connectivity index (χ1) is 10.6. The Morgan fingerprint density at radius 1 is 1.45 bits per heavy atom. The number of methoxy groups -OCH3 is 1. The molecule has 0 aliphatic carbocycles. The summed E-state index contributed by atoms with van der Waals surface area (Å²) in [5, 5.41) is 6.85. The number of thiophene rings is 1. The second-order valence-corrected chi connectivity index (χ2v) is 6.21. The summed E-state index contributed by atoms with van der Waals surface area (Å²) in [5.41, 5.74) is 2.46. The summed E-state index contributed by atoms with van der Waals surface area (Å²) in [5.74, 6) is 0.00848. The monoisotopic (exact) mass is 321 g/mol. The maximum absolute atomic E-state index is 12.7. The maximum atomic E-state index is 12.7. The van der Waals surface area contributed by atoms with Crippen molar-refractivity contribution >= 4 is 23.3 Å². The van der Waals surface area contributed by atoms with Gasteiger partial charge in [0.1, 0.15) is 0 Å². The third kappa shape index (κ3) is 2.50. The molecule has 1 atom stereocenters. The molecule has 1 unspecified atom stereocenters. The van der Waals surface area contributed by atoms with Gasteiger partial charge in [-0.2, -0.15) is 11.3 Å². The molecule has 0 aromatic carbocycles. The van der Waals surface area contributed by atoms with Crippen LogP contribution >= 0.6 is 11.3 Å². The molecule has 0 bridgehead atoms. The van der Waals surface area contributed by atoms with Gasteiger partial charge in [-0.05, 0) is 28.8 Å². The largest absolute Gasteiger partial charge is 0.385 e. The van der Waals surface area contributed by atoms with Crippen LogP contribution in [0.2, 0.25) is 0 Å². The van der Waals surface area contributed by atoms with Crippen LogP contribution in [0.25, 0.3) is 0 Å². The van der Waals surface area contributed by atoms with Gasteiger partial charge < -0.3 is 15.0 Å². The van der Waals surface area contributed by atoms with Crippen LogP contribution in [0.4, 0.5) is 4.79 Å². The summed E-state index contributed by atoms with van der Waals surface area (Å²) in [7, 11) is 3.36. The van der Waals surface area contributed by atoms with Crippen molar-refractivity contribution in [2.45, 2.75) is 12.5 Å². The van der Waals surface area contributed by atoms with Crippen molar-refractivity contribution in [1.82, 2.24) is 15.1 Å². The summed E-state index contributed by atoms with van der Waals surface area (Å²) < 4.78 is 5.05. The number of amides is 3. The number of urea groups is 1. The molecule has 0 radical (unpaired) electrons. The van der Waals surface area contributed by atoms with Crippen LogP contribution < -0.4 is 5.32 Å². The Bertz CT molecular complexity index is 612. The molecule has 0 saturated heterocycles. The van der Waals surface area contributed by atoms with Gasteiger partial charge in [0.05, 0.1) is 23.9 Å². The van der Waals surface area contributed by atoms with E-state index in [9.17, 15) is 9.59 Å². The van der Waals surface area contributed by atoms with Gasteiger partial charge in [-0.1, -0.05) is 0 Å². The van der Waals surface area contributed by atoms with Gasteiger partial charge in [0, 0.05) is 27.3 Å². The van der Waals surface area contributed by atoms with Crippen LogP contribution in [0.3, 0.4) is 0 Å². The molecular weight excluding hydrogens is 302 g/mol. The fraction of sp³-hybridized carbons (Fsp3) is 0.467. The van der Waals surface area contributed by atoms with Crippen LogP contribution in [0.15, 0.2) is 28.1 Å². The summed E-state index contributed by atoms with van der Waals surface area (Å²) in [4.78, 5) is 28.2. The van der Waals surface area contributed by atoms with Gasteiger partial charge in [-0.25, -0.2) is 4.79 Å². The molecule has 1 aromatic heterocycles. The summed E-state index contributed by atoms with van der Waals surface area (Å²) >= 11 is 1.56. The third-order valence-corrected chi connectivity index (χ3v) is 4.79. The predicted molar refractivity (Wildman–Crippen MR) is 83.5 cm³/mol. The molecule has 3 rings (SSSR count). The zero-order chi connectivity index (χ0) is 15.7. The van der Waals surface area contributed by atoms with Gasteiger partial charge in [0.2, 0.25) is 0 Å². The van der Waals surface area contributed by atoms with E-state index in [0.717, 1.165) is 17.7 Å². The molecule has 1 N–H and O–H groups in total. The van der Waals surface area contributed by atoms with Crippen LogP contribution in [0, 0.1) is 0 Å². The second kappa shape index (κ2) is 6.10. The van der Waals surface area contributed by atoms with Crippen molar-refractivity contribution in [3.8, 4) is 0 Å². The van der Waals surface area contributed by atoms with E-state index in [1.165, 1.54) is 0 Å². The predicted octanol–water partition coefficient (Wildman–Crippen LogP) is 1.58. The standard InChI is InChI=1S/C15H19N3O3S/c1-17-11-8-18(5-3-6-21-2)14(19)12(11)13(16-15(17)20)10-4-7-22-9-10/h4,7,9,13H,3,5-6,8H2,1-2H3,(H,16,20). The van der Waals surface area contributed by atoms with Crippen molar-refractivity contribution in [3.63, 3.8) is 0 Å². The van der Waals surface area contributed by atoms with Gasteiger partial charge in [-0.3, -0.25) is 9.69 Å². The molecule has 0 fully saturated rings. The van der Waals surface area contributed by atoms with Crippen molar-refractivity contribution in [2.75, 3.05) is 33.9 Å². The second-order valence-electron chi connectivity index (χ2n) is 5.43. The molecule has 1 aromatic rings. The number of carbonyl (C=O) groups excluding carboxylic acids is 2. The van der Waals surface area contributed by atoms with Crippen LogP contribution in [-0.2, 0) is 9.53 Å². The minimum atomic E-state index is -0.343. The SMILES string of the molecule is COCCCN1CC2=C(C1=O)C(c1ccsc1)NC(=O)N2C. The van der Waals surface area contributed by atoms with E-state index in [4.69, 9.17) is 4.74 Å². The number of carbonyl (C=O) groups is 2. The van der Waals surface area contributed by atoms with E-state index in [1.807, 2.05) is 16.8 Å². The Hall–Kier alpha value is -1.86. The Balaban J connectivity index is 1.87. The van der Waals surface area contributed by atoms with Gasteiger partial charge in [0.25, 0.3) is 5.91 Å². The molecule has 2 aliphatic rings. The van der Waals surface area contributed by atoms with Gasteiger partial charge in [-0.15, -0.1) is 0 Å². The number of ether oxygens (including phenoxy) is 1. The molecule has 2 aliphatic heterocycles. The van der Waals surface area contributed by atoms with E-state index in [2.05, 4.69) is 5.32 Å². The van der Waals surface area contributed by atoms with Crippen molar-refractivity contribution in [1.29, 1.82) is 0 Å². The highest BCUT2D eigenvalue weighted by molar-refractivity contribution is 7.08. The number of nitrogens with one attached hydrogen (secondary N) is 1.